The molecule has 1 unspecified atom stereocenters. The average molecular weight is 452 g/mol. The quantitative estimate of drug-likeness (QED) is 0.544. The van der Waals surface area contributed by atoms with Crippen LogP contribution in [0, 0.1) is 12.7 Å². The third-order valence-electron chi connectivity index (χ3n) is 5.75. The third-order valence-corrected chi connectivity index (χ3v) is 5.75. The smallest absolute Gasteiger partial charge is 0.234 e. The minimum atomic E-state index is -0.338. The maximum absolute atomic E-state index is 13.8. The molecule has 3 aromatic rings. The van der Waals surface area contributed by atoms with Gasteiger partial charge in [-0.3, -0.25) is 14.5 Å². The van der Waals surface area contributed by atoms with E-state index in [4.69, 9.17) is 10.3 Å². The number of likely N-dealkylation sites (tertiary alicyclic amines) is 1. The molecule has 1 aromatic heterocycles. The van der Waals surface area contributed by atoms with Crippen LogP contribution < -0.4 is 11.1 Å². The van der Waals surface area contributed by atoms with Gasteiger partial charge in [-0.1, -0.05) is 29.4 Å². The van der Waals surface area contributed by atoms with E-state index in [0.29, 0.717) is 29.2 Å². The van der Waals surface area contributed by atoms with Crippen LogP contribution in [0.3, 0.4) is 0 Å². The molecule has 8 nitrogen and oxygen atoms in total. The molecule has 1 fully saturated rings. The first-order valence-corrected chi connectivity index (χ1v) is 10.9. The van der Waals surface area contributed by atoms with Crippen molar-refractivity contribution in [3.63, 3.8) is 0 Å². The number of carbonyl (C=O) groups excluding carboxylic acids is 2. The van der Waals surface area contributed by atoms with Gasteiger partial charge in [-0.25, -0.2) is 4.39 Å². The highest BCUT2D eigenvalue weighted by Crippen LogP contribution is 2.22. The largest absolute Gasteiger partial charge is 0.368 e. The van der Waals surface area contributed by atoms with Crippen LogP contribution in [0.1, 0.15) is 36.3 Å². The normalized spacial score (nSPS) is 16.1. The average Bonchev–Trinajstić information content (AvgIpc) is 3.44. The van der Waals surface area contributed by atoms with Crippen molar-refractivity contribution in [3.8, 4) is 11.4 Å². The topological polar surface area (TPSA) is 114 Å². The molecule has 3 N–H and O–H groups in total. The molecule has 4 rings (SSSR count). The molecule has 0 spiro atoms. The van der Waals surface area contributed by atoms with Crippen LogP contribution in [-0.2, 0) is 22.6 Å². The van der Waals surface area contributed by atoms with Crippen LogP contribution >= 0.6 is 0 Å². The number of benzene rings is 2. The van der Waals surface area contributed by atoms with Gasteiger partial charge in [0, 0.05) is 30.6 Å². The zero-order chi connectivity index (χ0) is 23.4. The van der Waals surface area contributed by atoms with Crippen molar-refractivity contribution >= 4 is 17.5 Å². The van der Waals surface area contributed by atoms with Crippen molar-refractivity contribution in [2.24, 2.45) is 5.73 Å². The molecule has 9 heteroatoms. The molecule has 0 aliphatic carbocycles. The Balaban J connectivity index is 1.31. The van der Waals surface area contributed by atoms with Crippen LogP contribution in [0.25, 0.3) is 11.4 Å². The Kier molecular flexibility index (Phi) is 6.79. The minimum Gasteiger partial charge on any atom is -0.368 e. The molecule has 1 atom stereocenters. The van der Waals surface area contributed by atoms with Gasteiger partial charge in [0.15, 0.2) is 0 Å². The Labute approximate surface area is 191 Å². The van der Waals surface area contributed by atoms with E-state index in [0.717, 1.165) is 24.9 Å². The first-order valence-electron chi connectivity index (χ1n) is 10.9. The van der Waals surface area contributed by atoms with Crippen LogP contribution in [-0.4, -0.2) is 39.4 Å². The number of nitrogens with two attached hydrogens (primary N) is 1. The lowest BCUT2D eigenvalue weighted by molar-refractivity contribution is -0.122. The van der Waals surface area contributed by atoms with Crippen LogP contribution in [0.2, 0.25) is 0 Å². The molecular formula is C24H26FN5O3. The maximum atomic E-state index is 13.8. The summed E-state index contributed by atoms with van der Waals surface area (Å²) in [7, 11) is 0. The summed E-state index contributed by atoms with van der Waals surface area (Å²) >= 11 is 0. The molecule has 0 bridgehead atoms. The summed E-state index contributed by atoms with van der Waals surface area (Å²) in [6.45, 7) is 3.10. The second-order valence-electron chi connectivity index (χ2n) is 8.26. The number of carbonyl (C=O) groups is 2. The van der Waals surface area contributed by atoms with E-state index >= 15 is 0 Å². The first kappa shape index (κ1) is 22.6. The highest BCUT2D eigenvalue weighted by Gasteiger charge is 2.28. The van der Waals surface area contributed by atoms with E-state index < -0.39 is 0 Å². The fourth-order valence-corrected chi connectivity index (χ4v) is 3.97. The third kappa shape index (κ3) is 5.61. The molecule has 33 heavy (non-hydrogen) atoms. The van der Waals surface area contributed by atoms with Gasteiger partial charge in [0.2, 0.25) is 23.5 Å². The number of amides is 2. The second-order valence-corrected chi connectivity index (χ2v) is 8.26. The van der Waals surface area contributed by atoms with Gasteiger partial charge in [0.25, 0.3) is 0 Å². The summed E-state index contributed by atoms with van der Waals surface area (Å²) in [5.74, 6) is -0.233. The summed E-state index contributed by atoms with van der Waals surface area (Å²) in [6.07, 6.45) is 2.15. The van der Waals surface area contributed by atoms with Gasteiger partial charge in [0.05, 0.1) is 6.04 Å². The zero-order valence-electron chi connectivity index (χ0n) is 18.4. The molecule has 172 valence electrons. The van der Waals surface area contributed by atoms with Gasteiger partial charge in [-0.15, -0.1) is 0 Å². The highest BCUT2D eigenvalue weighted by molar-refractivity contribution is 5.90. The number of primary amides is 1. The molecule has 1 saturated heterocycles. The maximum Gasteiger partial charge on any atom is 0.234 e. The van der Waals surface area contributed by atoms with E-state index in [2.05, 4.69) is 20.4 Å². The second kappa shape index (κ2) is 9.91. The lowest BCUT2D eigenvalue weighted by Crippen LogP contribution is -2.39. The summed E-state index contributed by atoms with van der Waals surface area (Å²) in [4.78, 5) is 30.3. The number of hydrogen-bond donors (Lipinski definition) is 2. The van der Waals surface area contributed by atoms with Crippen molar-refractivity contribution in [2.45, 2.75) is 45.2 Å². The number of hydrogen-bond acceptors (Lipinski definition) is 6. The lowest BCUT2D eigenvalue weighted by Gasteiger charge is -2.22. The summed E-state index contributed by atoms with van der Waals surface area (Å²) in [5.41, 5.74) is 8.22. The predicted molar refractivity (Wildman–Crippen MR) is 120 cm³/mol. The molecule has 1 aliphatic rings. The summed E-state index contributed by atoms with van der Waals surface area (Å²) < 4.78 is 19.0. The van der Waals surface area contributed by atoms with Gasteiger partial charge in [0.1, 0.15) is 5.82 Å². The fourth-order valence-electron chi connectivity index (χ4n) is 3.97. The molecule has 2 amide bonds. The van der Waals surface area contributed by atoms with Gasteiger partial charge in [-0.2, -0.15) is 4.98 Å². The van der Waals surface area contributed by atoms with E-state index in [1.54, 1.807) is 19.1 Å². The van der Waals surface area contributed by atoms with E-state index in [9.17, 15) is 14.0 Å². The van der Waals surface area contributed by atoms with Crippen LogP contribution in [0.15, 0.2) is 47.0 Å². The van der Waals surface area contributed by atoms with Crippen molar-refractivity contribution in [3.05, 3.63) is 65.3 Å². The highest BCUT2D eigenvalue weighted by atomic mass is 19.1. The number of nitrogens with one attached hydrogen (secondary N) is 1. The Hall–Kier alpha value is -3.59. The summed E-state index contributed by atoms with van der Waals surface area (Å²) in [5, 5.41) is 6.75. The van der Waals surface area contributed by atoms with Crippen molar-refractivity contribution in [2.75, 3.05) is 11.9 Å². The zero-order valence-corrected chi connectivity index (χ0v) is 18.4. The van der Waals surface area contributed by atoms with Crippen molar-refractivity contribution in [1.82, 2.24) is 15.0 Å². The number of anilines is 1. The Morgan fingerprint density at radius 1 is 1.27 bits per heavy atom. The van der Waals surface area contributed by atoms with Gasteiger partial charge in [-0.05, 0) is 55.6 Å². The lowest BCUT2D eigenvalue weighted by atomic mass is 10.1. The molecule has 1 aliphatic heterocycles. The molecular weight excluding hydrogens is 425 g/mol. The fraction of sp³-hybridized carbons (Fsp3) is 0.333. The molecule has 2 aromatic carbocycles. The van der Waals surface area contributed by atoms with Gasteiger partial charge >= 0.3 is 0 Å². The van der Waals surface area contributed by atoms with Crippen LogP contribution in [0.5, 0.6) is 0 Å². The Bertz CT molecular complexity index is 1160. The first-order chi connectivity index (χ1) is 15.9. The molecule has 0 saturated carbocycles. The van der Waals surface area contributed by atoms with Gasteiger partial charge < -0.3 is 15.6 Å². The summed E-state index contributed by atoms with van der Waals surface area (Å²) in [6, 6.07) is 12.0. The Morgan fingerprint density at radius 3 is 2.91 bits per heavy atom. The van der Waals surface area contributed by atoms with E-state index in [1.807, 2.05) is 24.3 Å². The van der Waals surface area contributed by atoms with E-state index in [1.165, 1.54) is 6.07 Å². The minimum absolute atomic E-state index is 0.157. The number of aromatic nitrogens is 2. The predicted octanol–water partition coefficient (Wildman–Crippen LogP) is 3.21. The standard InChI is InChI=1S/C24H26FN5O3/c1-15-7-8-17(13-19(15)25)24-28-22(33-29-24)10-9-21(31)27-18-5-2-4-16(12-18)14-30-11-3-6-20(30)23(26)32/h2,4-5,7-8,12-13,20H,3,6,9-11,14H2,1H3,(H2,26,32)(H,27,31). The number of aryl methyl sites for hydroxylation is 2. The number of rotatable bonds is 8. The number of nitrogens with zero attached hydrogens (tertiary/aromatic N) is 3. The van der Waals surface area contributed by atoms with Crippen molar-refractivity contribution < 1.29 is 18.5 Å². The SMILES string of the molecule is Cc1ccc(-c2noc(CCC(=O)Nc3cccc(CN4CCCC4C(N)=O)c3)n2)cc1F. The number of halogens is 1. The monoisotopic (exact) mass is 451 g/mol. The van der Waals surface area contributed by atoms with Crippen molar-refractivity contribution in [1.29, 1.82) is 0 Å². The molecule has 0 radical (unpaired) electrons. The molecule has 2 heterocycles. The van der Waals surface area contributed by atoms with E-state index in [-0.39, 0.29) is 42.3 Å². The van der Waals surface area contributed by atoms with Crippen LogP contribution in [0.4, 0.5) is 10.1 Å². The Morgan fingerprint density at radius 2 is 2.12 bits per heavy atom.